The highest BCUT2D eigenvalue weighted by molar-refractivity contribution is 5.65. The van der Waals surface area contributed by atoms with E-state index in [-0.39, 0.29) is 5.97 Å². The van der Waals surface area contributed by atoms with Gasteiger partial charge in [0, 0.05) is 21.1 Å². The van der Waals surface area contributed by atoms with Crippen LogP contribution in [0.3, 0.4) is 0 Å². The van der Waals surface area contributed by atoms with Crippen LogP contribution in [0.5, 0.6) is 0 Å². The molecule has 0 heterocycles. The van der Waals surface area contributed by atoms with Crippen LogP contribution >= 0.6 is 0 Å². The molecule has 0 saturated heterocycles. The molecule has 0 spiro atoms. The molecule has 7 nitrogen and oxygen atoms in total. The molecule has 0 unspecified atom stereocenters. The highest BCUT2D eigenvalue weighted by Crippen LogP contribution is 1.86. The van der Waals surface area contributed by atoms with Gasteiger partial charge in [-0.05, 0) is 6.42 Å². The maximum absolute atomic E-state index is 10.1. The Balaban J connectivity index is 0. The molecule has 0 amide bonds. The number of hydrogen-bond acceptors (Lipinski definition) is 7. The zero-order valence-electron chi connectivity index (χ0n) is 15.1. The summed E-state index contributed by atoms with van der Waals surface area (Å²) in [4.78, 5) is 10.1. The maximum atomic E-state index is 10.1. The topological polar surface area (TPSA) is 72.5 Å². The molecule has 0 aliphatic rings. The lowest BCUT2D eigenvalue weighted by molar-refractivity contribution is -0.141. The summed E-state index contributed by atoms with van der Waals surface area (Å²) in [7, 11) is 3.30. The Morgan fingerprint density at radius 3 is 1.39 bits per heavy atom. The van der Waals surface area contributed by atoms with Crippen LogP contribution in [0.15, 0.2) is 0 Å². The Hall–Kier alpha value is -0.730. The largest absolute Gasteiger partial charge is 0.466 e. The number of unbranched alkanes of at least 4 members (excludes halogenated alkanes) is 1. The minimum Gasteiger partial charge on any atom is -0.466 e. The Labute approximate surface area is 140 Å². The molecule has 0 saturated carbocycles. The Morgan fingerprint density at radius 2 is 1.09 bits per heavy atom. The van der Waals surface area contributed by atoms with Crippen LogP contribution in [0.4, 0.5) is 0 Å². The van der Waals surface area contributed by atoms with E-state index < -0.39 is 0 Å². The first-order valence-electron chi connectivity index (χ1n) is 8.03. The number of ether oxygens (including phenoxy) is 6. The van der Waals surface area contributed by atoms with Crippen LogP contribution in [-0.4, -0.2) is 79.7 Å². The van der Waals surface area contributed by atoms with E-state index in [4.69, 9.17) is 23.7 Å². The Kier molecular flexibility index (Phi) is 25.1. The third kappa shape index (κ3) is 29.8. The lowest BCUT2D eigenvalue weighted by Gasteiger charge is -2.06. The Morgan fingerprint density at radius 1 is 0.696 bits per heavy atom. The molecular formula is C16H34O7. The maximum Gasteiger partial charge on any atom is 0.302 e. The van der Waals surface area contributed by atoms with Crippen molar-refractivity contribution in [1.29, 1.82) is 0 Å². The second kappa shape index (κ2) is 23.5. The van der Waals surface area contributed by atoms with Crippen molar-refractivity contribution < 1.29 is 33.2 Å². The van der Waals surface area contributed by atoms with Gasteiger partial charge in [0.1, 0.15) is 0 Å². The third-order valence-corrected chi connectivity index (χ3v) is 2.41. The monoisotopic (exact) mass is 338 g/mol. The van der Waals surface area contributed by atoms with E-state index in [0.29, 0.717) is 59.5 Å². The molecule has 0 aromatic heterocycles. The summed E-state index contributed by atoms with van der Waals surface area (Å²) in [5.74, 6) is -0.182. The minimum absolute atomic E-state index is 0.182. The molecule has 140 valence electrons. The second-order valence-corrected chi connectivity index (χ2v) is 4.52. The van der Waals surface area contributed by atoms with E-state index in [1.807, 2.05) is 0 Å². The summed E-state index contributed by atoms with van der Waals surface area (Å²) in [6, 6.07) is 0. The van der Waals surface area contributed by atoms with Crippen molar-refractivity contribution in [3.05, 3.63) is 0 Å². The van der Waals surface area contributed by atoms with Crippen molar-refractivity contribution in [2.75, 3.05) is 73.7 Å². The number of methoxy groups -OCH3 is 2. The number of rotatable bonds is 15. The summed E-state index contributed by atoms with van der Waals surface area (Å²) < 4.78 is 30.0. The molecule has 23 heavy (non-hydrogen) atoms. The first-order valence-corrected chi connectivity index (χ1v) is 8.03. The van der Waals surface area contributed by atoms with Crippen molar-refractivity contribution in [1.82, 2.24) is 0 Å². The van der Waals surface area contributed by atoms with E-state index in [9.17, 15) is 4.79 Å². The zero-order valence-corrected chi connectivity index (χ0v) is 15.1. The van der Waals surface area contributed by atoms with E-state index in [0.717, 1.165) is 12.8 Å². The normalized spacial score (nSPS) is 10.1. The molecule has 0 atom stereocenters. The van der Waals surface area contributed by atoms with Gasteiger partial charge in [0.15, 0.2) is 0 Å². The van der Waals surface area contributed by atoms with Crippen LogP contribution in [0.1, 0.15) is 26.7 Å². The third-order valence-electron chi connectivity index (χ3n) is 2.41. The van der Waals surface area contributed by atoms with E-state index in [2.05, 4.69) is 11.7 Å². The van der Waals surface area contributed by atoms with Crippen LogP contribution in [-0.2, 0) is 33.2 Å². The molecule has 7 heteroatoms. The second-order valence-electron chi connectivity index (χ2n) is 4.52. The fourth-order valence-electron chi connectivity index (χ4n) is 1.19. The van der Waals surface area contributed by atoms with Crippen molar-refractivity contribution in [2.24, 2.45) is 0 Å². The van der Waals surface area contributed by atoms with Crippen molar-refractivity contribution >= 4 is 5.97 Å². The zero-order chi connectivity index (χ0) is 17.6. The molecule has 0 radical (unpaired) electrons. The minimum atomic E-state index is -0.182. The van der Waals surface area contributed by atoms with Crippen molar-refractivity contribution in [2.45, 2.75) is 26.7 Å². The molecule has 0 rings (SSSR count). The molecule has 0 aliphatic heterocycles. The van der Waals surface area contributed by atoms with Crippen molar-refractivity contribution in [3.8, 4) is 0 Å². The highest BCUT2D eigenvalue weighted by Gasteiger charge is 1.91. The SMILES string of the molecule is CCCCOC(C)=O.COCCOCCOCCOCCOC. The molecule has 0 N–H and O–H groups in total. The molecule has 0 bridgehead atoms. The summed E-state index contributed by atoms with van der Waals surface area (Å²) in [5, 5.41) is 0. The standard InChI is InChI=1S/C10H22O5.C6H12O2/c1-11-3-5-13-7-9-15-10-8-14-6-4-12-2;1-3-4-5-8-6(2)7/h3-10H2,1-2H3;3-5H2,1-2H3. The number of carbonyl (C=O) groups excluding carboxylic acids is 1. The predicted octanol–water partition coefficient (Wildman–Crippen LogP) is 1.68. The van der Waals surface area contributed by atoms with Gasteiger partial charge in [-0.3, -0.25) is 4.79 Å². The van der Waals surface area contributed by atoms with E-state index in [1.165, 1.54) is 6.92 Å². The average Bonchev–Trinajstić information content (AvgIpc) is 2.53. The Bertz CT molecular complexity index is 212. The number of carbonyl (C=O) groups is 1. The molecule has 0 aromatic rings. The van der Waals surface area contributed by atoms with Crippen LogP contribution < -0.4 is 0 Å². The van der Waals surface area contributed by atoms with Gasteiger partial charge in [-0.2, -0.15) is 0 Å². The van der Waals surface area contributed by atoms with Crippen LogP contribution in [0, 0.1) is 0 Å². The average molecular weight is 338 g/mol. The lowest BCUT2D eigenvalue weighted by Crippen LogP contribution is -2.12. The fraction of sp³-hybridized carbons (Fsp3) is 0.938. The van der Waals surface area contributed by atoms with E-state index >= 15 is 0 Å². The van der Waals surface area contributed by atoms with Crippen LogP contribution in [0.25, 0.3) is 0 Å². The van der Waals surface area contributed by atoms with Gasteiger partial charge >= 0.3 is 5.97 Å². The number of esters is 1. The number of hydrogen-bond donors (Lipinski definition) is 0. The van der Waals surface area contributed by atoms with Gasteiger partial charge in [-0.1, -0.05) is 13.3 Å². The molecule has 0 aliphatic carbocycles. The highest BCUT2D eigenvalue weighted by atomic mass is 16.6. The molecule has 0 fully saturated rings. The fourth-order valence-corrected chi connectivity index (χ4v) is 1.19. The summed E-state index contributed by atoms with van der Waals surface area (Å²) >= 11 is 0. The first kappa shape index (κ1) is 24.5. The van der Waals surface area contributed by atoms with Gasteiger partial charge in [0.2, 0.25) is 0 Å². The van der Waals surface area contributed by atoms with Gasteiger partial charge in [-0.15, -0.1) is 0 Å². The summed E-state index contributed by atoms with van der Waals surface area (Å²) in [5.41, 5.74) is 0. The van der Waals surface area contributed by atoms with E-state index in [1.54, 1.807) is 14.2 Å². The lowest BCUT2D eigenvalue weighted by atomic mass is 10.4. The van der Waals surface area contributed by atoms with Crippen LogP contribution in [0.2, 0.25) is 0 Å². The van der Waals surface area contributed by atoms with Gasteiger partial charge in [0.25, 0.3) is 0 Å². The quantitative estimate of drug-likeness (QED) is 0.332. The molecular weight excluding hydrogens is 304 g/mol. The molecule has 0 aromatic carbocycles. The van der Waals surface area contributed by atoms with Gasteiger partial charge in [-0.25, -0.2) is 0 Å². The summed E-state index contributed by atoms with van der Waals surface area (Å²) in [6.07, 6.45) is 2.05. The van der Waals surface area contributed by atoms with Gasteiger partial charge < -0.3 is 28.4 Å². The first-order chi connectivity index (χ1) is 11.2. The predicted molar refractivity (Wildman–Crippen MR) is 87.8 cm³/mol. The summed E-state index contributed by atoms with van der Waals surface area (Å²) in [6.45, 7) is 8.93. The van der Waals surface area contributed by atoms with Gasteiger partial charge in [0.05, 0.1) is 59.5 Å². The smallest absolute Gasteiger partial charge is 0.302 e. The van der Waals surface area contributed by atoms with Crippen molar-refractivity contribution in [3.63, 3.8) is 0 Å².